The Morgan fingerprint density at radius 3 is 2.62 bits per heavy atom. The van der Waals surface area contributed by atoms with Gasteiger partial charge in [0.25, 0.3) is 0 Å². The van der Waals surface area contributed by atoms with Crippen LogP contribution in [0.2, 0.25) is 5.02 Å². The number of ketones is 1. The zero-order valence-electron chi connectivity index (χ0n) is 11.2. The van der Waals surface area contributed by atoms with Crippen molar-refractivity contribution in [3.05, 3.63) is 64.7 Å². The van der Waals surface area contributed by atoms with Gasteiger partial charge in [-0.05, 0) is 42.0 Å². The van der Waals surface area contributed by atoms with E-state index in [1.165, 1.54) is 6.08 Å². The van der Waals surface area contributed by atoms with Crippen molar-refractivity contribution in [1.82, 2.24) is 0 Å². The highest BCUT2D eigenvalue weighted by molar-refractivity contribution is 6.32. The fraction of sp³-hybridized carbons (Fsp3) is 0.118. The van der Waals surface area contributed by atoms with E-state index in [2.05, 4.69) is 0 Å². The van der Waals surface area contributed by atoms with Gasteiger partial charge in [0.2, 0.25) is 0 Å². The molecule has 0 unspecified atom stereocenters. The summed E-state index contributed by atoms with van der Waals surface area (Å²) >= 11 is 6.05. The van der Waals surface area contributed by atoms with Crippen LogP contribution in [0.25, 0.3) is 6.08 Å². The monoisotopic (exact) mass is 300 g/mol. The fourth-order valence-electron chi connectivity index (χ4n) is 2.07. The lowest BCUT2D eigenvalue weighted by molar-refractivity contribution is 0.104. The van der Waals surface area contributed by atoms with Gasteiger partial charge >= 0.3 is 0 Å². The second-order valence-corrected chi connectivity index (χ2v) is 4.98. The molecule has 0 atom stereocenters. The third-order valence-electron chi connectivity index (χ3n) is 3.15. The third kappa shape index (κ3) is 3.09. The molecular weight excluding hydrogens is 288 g/mol. The molecule has 0 spiro atoms. The Labute approximate surface area is 127 Å². The second kappa shape index (κ2) is 6.02. The summed E-state index contributed by atoms with van der Waals surface area (Å²) in [5.74, 6) is 1.18. The number of carbonyl (C=O) groups is 1. The van der Waals surface area contributed by atoms with Crippen LogP contribution in [0.3, 0.4) is 0 Å². The first-order chi connectivity index (χ1) is 10.2. The van der Waals surface area contributed by atoms with Crippen molar-refractivity contribution in [2.45, 2.75) is 0 Å². The lowest BCUT2D eigenvalue weighted by atomic mass is 10.1. The van der Waals surface area contributed by atoms with Crippen LogP contribution in [-0.4, -0.2) is 19.0 Å². The first-order valence-corrected chi connectivity index (χ1v) is 6.98. The summed E-state index contributed by atoms with van der Waals surface area (Å²) in [6, 6.07) is 12.6. The van der Waals surface area contributed by atoms with Crippen LogP contribution in [0.1, 0.15) is 15.9 Å². The lowest BCUT2D eigenvalue weighted by Crippen LogP contribution is -2.15. The van der Waals surface area contributed by atoms with E-state index in [4.69, 9.17) is 21.1 Å². The number of hydrogen-bond donors (Lipinski definition) is 0. The smallest absolute Gasteiger partial charge is 0.185 e. The average Bonchev–Trinajstić information content (AvgIpc) is 2.53. The highest BCUT2D eigenvalue weighted by Gasteiger charge is 2.13. The van der Waals surface area contributed by atoms with E-state index in [1.54, 1.807) is 30.3 Å². The molecule has 0 fully saturated rings. The molecule has 3 nitrogen and oxygen atoms in total. The summed E-state index contributed by atoms with van der Waals surface area (Å²) in [6.07, 6.45) is 3.22. The molecule has 2 aromatic carbocycles. The molecule has 3 rings (SSSR count). The van der Waals surface area contributed by atoms with Gasteiger partial charge in [0, 0.05) is 10.6 Å². The number of halogens is 1. The highest BCUT2D eigenvalue weighted by atomic mass is 35.5. The maximum atomic E-state index is 12.2. The molecule has 0 saturated carbocycles. The summed E-state index contributed by atoms with van der Waals surface area (Å²) in [5.41, 5.74) is 1.37. The van der Waals surface area contributed by atoms with Gasteiger partial charge in [-0.3, -0.25) is 4.79 Å². The van der Waals surface area contributed by atoms with Crippen LogP contribution < -0.4 is 9.47 Å². The molecule has 1 aliphatic heterocycles. The molecule has 0 N–H and O–H groups in total. The minimum Gasteiger partial charge on any atom is -0.486 e. The van der Waals surface area contributed by atoms with Crippen LogP contribution in [0.4, 0.5) is 0 Å². The first-order valence-electron chi connectivity index (χ1n) is 6.60. The van der Waals surface area contributed by atoms with E-state index in [0.717, 1.165) is 5.56 Å². The third-order valence-corrected chi connectivity index (χ3v) is 3.49. The molecule has 0 radical (unpaired) electrons. The topological polar surface area (TPSA) is 35.5 Å². The molecule has 0 saturated heterocycles. The van der Waals surface area contributed by atoms with Crippen molar-refractivity contribution < 1.29 is 14.3 Å². The number of allylic oxidation sites excluding steroid dienone is 1. The summed E-state index contributed by atoms with van der Waals surface area (Å²) < 4.78 is 10.9. The van der Waals surface area contributed by atoms with Gasteiger partial charge in [0.05, 0.1) is 0 Å². The molecule has 0 aromatic heterocycles. The summed E-state index contributed by atoms with van der Waals surface area (Å²) in [4.78, 5) is 12.2. The number of fused-ring (bicyclic) bond motifs is 1. The zero-order chi connectivity index (χ0) is 14.7. The number of benzene rings is 2. The number of carbonyl (C=O) groups excluding carboxylic acids is 1. The number of rotatable bonds is 3. The van der Waals surface area contributed by atoms with E-state index in [0.29, 0.717) is 35.3 Å². The van der Waals surface area contributed by atoms with Gasteiger partial charge in [-0.1, -0.05) is 29.8 Å². The number of hydrogen-bond acceptors (Lipinski definition) is 3. The standard InChI is InChI=1S/C17H13ClO3/c18-14-4-2-1-3-12(14)5-7-15(19)13-6-8-16-17(11-13)21-10-9-20-16/h1-8,11H,9-10H2/b7-5+. The van der Waals surface area contributed by atoms with Crippen LogP contribution in [0.15, 0.2) is 48.5 Å². The van der Waals surface area contributed by atoms with Crippen molar-refractivity contribution >= 4 is 23.5 Å². The Morgan fingerprint density at radius 1 is 1.05 bits per heavy atom. The first kappa shape index (κ1) is 13.7. The molecule has 0 bridgehead atoms. The predicted octanol–water partition coefficient (Wildman–Crippen LogP) is 4.01. The van der Waals surface area contributed by atoms with Gasteiger partial charge in [0.15, 0.2) is 17.3 Å². The van der Waals surface area contributed by atoms with Crippen molar-refractivity contribution in [1.29, 1.82) is 0 Å². The zero-order valence-corrected chi connectivity index (χ0v) is 12.0. The van der Waals surface area contributed by atoms with Gasteiger partial charge in [-0.25, -0.2) is 0 Å². The minimum atomic E-state index is -0.105. The second-order valence-electron chi connectivity index (χ2n) is 4.58. The molecular formula is C17H13ClO3. The van der Waals surface area contributed by atoms with Crippen LogP contribution in [0.5, 0.6) is 11.5 Å². The SMILES string of the molecule is O=C(/C=C/c1ccccc1Cl)c1ccc2c(c1)OCCO2. The Balaban J connectivity index is 1.81. The van der Waals surface area contributed by atoms with Crippen LogP contribution in [0, 0.1) is 0 Å². The maximum absolute atomic E-state index is 12.2. The summed E-state index contributed by atoms with van der Waals surface area (Å²) in [7, 11) is 0. The minimum absolute atomic E-state index is 0.105. The molecule has 4 heteroatoms. The predicted molar refractivity (Wildman–Crippen MR) is 82.2 cm³/mol. The van der Waals surface area contributed by atoms with Crippen molar-refractivity contribution in [2.75, 3.05) is 13.2 Å². The molecule has 0 amide bonds. The Bertz CT molecular complexity index is 707. The van der Waals surface area contributed by atoms with Crippen molar-refractivity contribution in [3.63, 3.8) is 0 Å². The highest BCUT2D eigenvalue weighted by Crippen LogP contribution is 2.31. The molecule has 1 aliphatic rings. The van der Waals surface area contributed by atoms with E-state index in [9.17, 15) is 4.79 Å². The van der Waals surface area contributed by atoms with Gasteiger partial charge in [0.1, 0.15) is 13.2 Å². The molecule has 106 valence electrons. The van der Waals surface area contributed by atoms with Gasteiger partial charge in [-0.15, -0.1) is 0 Å². The largest absolute Gasteiger partial charge is 0.486 e. The number of ether oxygens (including phenoxy) is 2. The summed E-state index contributed by atoms with van der Waals surface area (Å²) in [5, 5.41) is 0.615. The maximum Gasteiger partial charge on any atom is 0.185 e. The van der Waals surface area contributed by atoms with Crippen molar-refractivity contribution in [2.24, 2.45) is 0 Å². The summed E-state index contributed by atoms with van der Waals surface area (Å²) in [6.45, 7) is 1.03. The Morgan fingerprint density at radius 2 is 1.81 bits per heavy atom. The van der Waals surface area contributed by atoms with Crippen molar-refractivity contribution in [3.8, 4) is 11.5 Å². The molecule has 0 aliphatic carbocycles. The molecule has 1 heterocycles. The van der Waals surface area contributed by atoms with Gasteiger partial charge < -0.3 is 9.47 Å². The normalized spacial score (nSPS) is 13.4. The van der Waals surface area contributed by atoms with Crippen LogP contribution >= 0.6 is 11.6 Å². The quantitative estimate of drug-likeness (QED) is 0.635. The van der Waals surface area contributed by atoms with Crippen LogP contribution in [-0.2, 0) is 0 Å². The Kier molecular flexibility index (Phi) is 3.93. The fourth-order valence-corrected chi connectivity index (χ4v) is 2.27. The van der Waals surface area contributed by atoms with Gasteiger partial charge in [-0.2, -0.15) is 0 Å². The lowest BCUT2D eigenvalue weighted by Gasteiger charge is -2.18. The van der Waals surface area contributed by atoms with E-state index in [1.807, 2.05) is 18.2 Å². The molecule has 2 aromatic rings. The van der Waals surface area contributed by atoms with E-state index >= 15 is 0 Å². The van der Waals surface area contributed by atoms with E-state index in [-0.39, 0.29) is 5.78 Å². The van der Waals surface area contributed by atoms with E-state index < -0.39 is 0 Å². The molecule has 21 heavy (non-hydrogen) atoms. The Hall–Kier alpha value is -2.26. The average molecular weight is 301 g/mol.